The third-order valence-corrected chi connectivity index (χ3v) is 7.29. The molecule has 0 saturated carbocycles. The number of piperazine rings is 1. The standard InChI is InChI=1S/C23H32IN7O2S/c1-6-33-22(25-2)18-9-10-31(34-24)21(18)27-16-26-19-8-7-17(15-20(19)28(3)4)23(32)30-13-11-29(5)12-14-30/h7-10,15,26H,2,6,11-14,16H2,1,3-5H3/b22-18+,27-21+. The van der Waals surface area contributed by atoms with Crippen molar-refractivity contribution in [3.05, 3.63) is 47.5 Å². The highest BCUT2D eigenvalue weighted by molar-refractivity contribution is 14.2. The second-order valence-corrected chi connectivity index (χ2v) is 9.77. The fraction of sp³-hybridized carbons (Fsp3) is 0.435. The number of likely N-dealkylation sites (N-methyl/N-ethyl adjacent to an activating group) is 1. The maximum absolute atomic E-state index is 13.0. The molecule has 0 bridgehead atoms. The lowest BCUT2D eigenvalue weighted by molar-refractivity contribution is 0.0664. The SMILES string of the molecule is C=N/C(OCC)=C1/C=CN(SI)/C1=N/CNc1ccc(C(=O)N2CCN(C)CC2)cc1N(C)C. The van der Waals surface area contributed by atoms with E-state index in [1.54, 1.807) is 0 Å². The van der Waals surface area contributed by atoms with Crippen molar-refractivity contribution in [1.29, 1.82) is 0 Å². The first-order chi connectivity index (χ1) is 16.4. The summed E-state index contributed by atoms with van der Waals surface area (Å²) < 4.78 is 7.57. The number of aliphatic imine (C=N–C) groups is 2. The van der Waals surface area contributed by atoms with Crippen molar-refractivity contribution in [3.63, 3.8) is 0 Å². The summed E-state index contributed by atoms with van der Waals surface area (Å²) in [6.45, 7) is 9.68. The van der Waals surface area contributed by atoms with Crippen molar-refractivity contribution in [3.8, 4) is 0 Å². The molecule has 0 aliphatic carbocycles. The lowest BCUT2D eigenvalue weighted by atomic mass is 10.1. The maximum atomic E-state index is 13.0. The van der Waals surface area contributed by atoms with Gasteiger partial charge in [-0.15, -0.1) is 0 Å². The number of ether oxygens (including phenoxy) is 1. The molecule has 0 aromatic heterocycles. The van der Waals surface area contributed by atoms with E-state index in [0.29, 0.717) is 24.7 Å². The van der Waals surface area contributed by atoms with E-state index in [0.717, 1.165) is 49.0 Å². The number of amidine groups is 1. The summed E-state index contributed by atoms with van der Waals surface area (Å²) >= 11 is 2.21. The number of nitrogens with one attached hydrogen (secondary N) is 1. The Balaban J connectivity index is 1.78. The van der Waals surface area contributed by atoms with Gasteiger partial charge in [0.25, 0.3) is 5.91 Å². The number of amides is 1. The first kappa shape index (κ1) is 26.4. The summed E-state index contributed by atoms with van der Waals surface area (Å²) in [5, 5.41) is 3.39. The van der Waals surface area contributed by atoms with Crippen LogP contribution in [0.15, 0.2) is 51.9 Å². The van der Waals surface area contributed by atoms with Crippen LogP contribution in [0.25, 0.3) is 0 Å². The molecule has 3 rings (SSSR count). The van der Waals surface area contributed by atoms with Crippen LogP contribution in [-0.2, 0) is 4.74 Å². The number of carbonyl (C=O) groups is 1. The van der Waals surface area contributed by atoms with Gasteiger partial charge >= 0.3 is 0 Å². The Morgan fingerprint density at radius 3 is 2.65 bits per heavy atom. The molecule has 11 heteroatoms. The van der Waals surface area contributed by atoms with Crippen molar-refractivity contribution >= 4 is 60.2 Å². The van der Waals surface area contributed by atoms with Crippen LogP contribution < -0.4 is 10.2 Å². The van der Waals surface area contributed by atoms with Crippen LogP contribution in [0, 0.1) is 0 Å². The molecule has 1 aromatic rings. The first-order valence-corrected chi connectivity index (χ1v) is 14.4. The van der Waals surface area contributed by atoms with E-state index in [1.165, 1.54) is 9.12 Å². The molecule has 0 atom stereocenters. The van der Waals surface area contributed by atoms with Crippen molar-refractivity contribution < 1.29 is 9.53 Å². The Bertz CT molecular complexity index is 988. The number of benzene rings is 1. The minimum Gasteiger partial charge on any atom is -0.477 e. The van der Waals surface area contributed by atoms with Crippen LogP contribution in [0.1, 0.15) is 17.3 Å². The van der Waals surface area contributed by atoms with E-state index in [-0.39, 0.29) is 5.91 Å². The molecule has 2 aliphatic heterocycles. The Morgan fingerprint density at radius 1 is 1.29 bits per heavy atom. The van der Waals surface area contributed by atoms with E-state index in [9.17, 15) is 4.79 Å². The molecule has 184 valence electrons. The Morgan fingerprint density at radius 2 is 2.03 bits per heavy atom. The summed E-state index contributed by atoms with van der Waals surface area (Å²) in [5.74, 6) is 1.28. The topological polar surface area (TPSA) is 76.0 Å². The van der Waals surface area contributed by atoms with E-state index in [2.05, 4.69) is 50.2 Å². The molecule has 1 fully saturated rings. The van der Waals surface area contributed by atoms with Gasteiger partial charge in [0.1, 0.15) is 6.67 Å². The van der Waals surface area contributed by atoms with Gasteiger partial charge in [-0.2, -0.15) is 0 Å². The molecule has 2 heterocycles. The average molecular weight is 598 g/mol. The van der Waals surface area contributed by atoms with Gasteiger partial charge in [-0.3, -0.25) is 9.10 Å². The van der Waals surface area contributed by atoms with Crippen molar-refractivity contribution in [2.75, 3.05) is 70.8 Å². The largest absolute Gasteiger partial charge is 0.477 e. The van der Waals surface area contributed by atoms with Gasteiger partial charge < -0.3 is 24.8 Å². The van der Waals surface area contributed by atoms with Gasteiger partial charge in [-0.25, -0.2) is 9.98 Å². The fourth-order valence-corrected chi connectivity index (χ4v) is 4.99. The van der Waals surface area contributed by atoms with Gasteiger partial charge in [0.15, 0.2) is 5.84 Å². The predicted octanol–water partition coefficient (Wildman–Crippen LogP) is 3.68. The third kappa shape index (κ3) is 6.25. The number of hydrogen-bond donors (Lipinski definition) is 1. The Hall–Kier alpha value is -2.25. The molecule has 1 aromatic carbocycles. The molecular formula is C23H32IN7O2S. The molecule has 1 N–H and O–H groups in total. The van der Waals surface area contributed by atoms with Crippen LogP contribution in [0.5, 0.6) is 0 Å². The summed E-state index contributed by atoms with van der Waals surface area (Å²) in [5.41, 5.74) is 3.33. The zero-order valence-corrected chi connectivity index (χ0v) is 23.1. The molecule has 0 radical (unpaired) electrons. The molecule has 1 saturated heterocycles. The smallest absolute Gasteiger partial charge is 0.254 e. The van der Waals surface area contributed by atoms with E-state index in [4.69, 9.17) is 9.73 Å². The van der Waals surface area contributed by atoms with Crippen LogP contribution >= 0.6 is 30.3 Å². The van der Waals surface area contributed by atoms with Crippen LogP contribution in [0.2, 0.25) is 0 Å². The monoisotopic (exact) mass is 597 g/mol. The quantitative estimate of drug-likeness (QED) is 0.202. The maximum Gasteiger partial charge on any atom is 0.254 e. The number of anilines is 2. The van der Waals surface area contributed by atoms with E-state index < -0.39 is 0 Å². The molecule has 0 spiro atoms. The predicted molar refractivity (Wildman–Crippen MR) is 151 cm³/mol. The molecule has 0 unspecified atom stereocenters. The highest BCUT2D eigenvalue weighted by Crippen LogP contribution is 2.31. The number of halogens is 1. The number of nitrogens with zero attached hydrogens (tertiary/aromatic N) is 6. The normalized spacial score (nSPS) is 18.9. The minimum absolute atomic E-state index is 0.0740. The summed E-state index contributed by atoms with van der Waals surface area (Å²) in [6, 6.07) is 5.78. The lowest BCUT2D eigenvalue weighted by Crippen LogP contribution is -2.47. The summed E-state index contributed by atoms with van der Waals surface area (Å²) in [6.07, 6.45) is 3.85. The number of rotatable bonds is 9. The third-order valence-electron chi connectivity index (χ3n) is 5.57. The summed E-state index contributed by atoms with van der Waals surface area (Å²) in [7, 11) is 7.54. The van der Waals surface area contributed by atoms with Gasteiger partial charge in [-0.1, -0.05) is 0 Å². The molecule has 9 nitrogen and oxygen atoms in total. The molecule has 2 aliphatic rings. The zero-order valence-electron chi connectivity index (χ0n) is 20.1. The number of hydrogen-bond acceptors (Lipinski definition) is 8. The van der Waals surface area contributed by atoms with Crippen molar-refractivity contribution in [2.24, 2.45) is 9.98 Å². The average Bonchev–Trinajstić information content (AvgIpc) is 3.25. The second kappa shape index (κ2) is 12.5. The first-order valence-electron chi connectivity index (χ1n) is 11.1. The Kier molecular flexibility index (Phi) is 9.65. The van der Waals surface area contributed by atoms with Crippen molar-refractivity contribution in [2.45, 2.75) is 6.92 Å². The van der Waals surface area contributed by atoms with Gasteiger partial charge in [0, 0.05) is 82.4 Å². The molecule has 1 amide bonds. The van der Waals surface area contributed by atoms with Crippen LogP contribution in [-0.4, -0.2) is 93.2 Å². The van der Waals surface area contributed by atoms with E-state index in [1.807, 2.05) is 65.6 Å². The highest BCUT2D eigenvalue weighted by Gasteiger charge is 2.24. The van der Waals surface area contributed by atoms with Crippen LogP contribution in [0.3, 0.4) is 0 Å². The van der Waals surface area contributed by atoms with Crippen molar-refractivity contribution in [1.82, 2.24) is 14.1 Å². The van der Waals surface area contributed by atoms with Gasteiger partial charge in [-0.05, 0) is 45.0 Å². The molecule has 34 heavy (non-hydrogen) atoms. The number of carbonyl (C=O) groups excluding carboxylic acids is 1. The van der Waals surface area contributed by atoms with Gasteiger partial charge in [0.2, 0.25) is 5.88 Å². The lowest BCUT2D eigenvalue weighted by Gasteiger charge is -2.32. The fourth-order valence-electron chi connectivity index (χ4n) is 3.70. The highest BCUT2D eigenvalue weighted by atomic mass is 127. The Labute approximate surface area is 218 Å². The summed E-state index contributed by atoms with van der Waals surface area (Å²) in [4.78, 5) is 28.0. The van der Waals surface area contributed by atoms with Gasteiger partial charge in [0.05, 0.1) is 23.6 Å². The van der Waals surface area contributed by atoms with E-state index >= 15 is 0 Å². The van der Waals surface area contributed by atoms with Crippen LogP contribution in [0.4, 0.5) is 11.4 Å². The zero-order chi connectivity index (χ0) is 24.7. The minimum atomic E-state index is 0.0740. The second-order valence-electron chi connectivity index (χ2n) is 8.06. The molecular weight excluding hydrogens is 565 g/mol.